The number of esters is 1. The van der Waals surface area contributed by atoms with Crippen LogP contribution in [0.25, 0.3) is 10.8 Å². The molecule has 0 aliphatic heterocycles. The van der Waals surface area contributed by atoms with Crippen LogP contribution in [0, 0.1) is 19.8 Å². The summed E-state index contributed by atoms with van der Waals surface area (Å²) in [5, 5.41) is 2.21. The number of ketones is 1. The van der Waals surface area contributed by atoms with Gasteiger partial charge in [0.05, 0.1) is 18.4 Å². The summed E-state index contributed by atoms with van der Waals surface area (Å²) in [6.45, 7) is 4.13. The number of methoxy groups -OCH3 is 1. The van der Waals surface area contributed by atoms with Crippen LogP contribution in [-0.4, -0.2) is 18.9 Å². The number of benzene rings is 2. The molecule has 0 saturated heterocycles. The molecule has 0 aromatic heterocycles. The number of carbonyl (C=O) groups is 2. The molecule has 1 fully saturated rings. The average Bonchev–Trinajstić information content (AvgIpc) is 3.17. The minimum atomic E-state index is -0.658. The van der Waals surface area contributed by atoms with E-state index < -0.39 is 5.41 Å². The largest absolute Gasteiger partial charge is 0.469 e. The normalized spacial score (nSPS) is 25.7. The topological polar surface area (TPSA) is 43.4 Å². The van der Waals surface area contributed by atoms with Crippen LogP contribution in [0.4, 0.5) is 0 Å². The molecule has 2 aromatic rings. The number of Topliss-reactive ketones (excluding diaryl/α,β-unsaturated/α-hetero) is 1. The molecule has 2 aliphatic carbocycles. The lowest BCUT2D eigenvalue weighted by molar-refractivity contribution is -0.142. The van der Waals surface area contributed by atoms with Crippen molar-refractivity contribution in [1.82, 2.24) is 0 Å². The molecule has 1 saturated carbocycles. The molecule has 1 spiro atoms. The van der Waals surface area contributed by atoms with Crippen molar-refractivity contribution in [2.24, 2.45) is 5.92 Å². The number of fused-ring (bicyclic) bond motifs is 1. The minimum absolute atomic E-state index is 0.0866. The van der Waals surface area contributed by atoms with Crippen LogP contribution >= 0.6 is 0 Å². The maximum Gasteiger partial charge on any atom is 0.310 e. The molecule has 4 rings (SSSR count). The monoisotopic (exact) mass is 280 g/mol. The van der Waals surface area contributed by atoms with Crippen LogP contribution < -0.4 is 0 Å². The second-order valence-corrected chi connectivity index (χ2v) is 6.19. The van der Waals surface area contributed by atoms with E-state index >= 15 is 0 Å². The van der Waals surface area contributed by atoms with E-state index in [4.69, 9.17) is 4.74 Å². The fraction of sp³-hybridized carbons (Fsp3) is 0.333. The van der Waals surface area contributed by atoms with Crippen LogP contribution in [0.2, 0.25) is 0 Å². The third-order valence-electron chi connectivity index (χ3n) is 5.15. The number of rotatable bonds is 1. The second-order valence-electron chi connectivity index (χ2n) is 6.19. The van der Waals surface area contributed by atoms with Gasteiger partial charge in [0, 0.05) is 5.56 Å². The first-order valence-corrected chi connectivity index (χ1v) is 7.18. The Morgan fingerprint density at radius 2 is 1.81 bits per heavy atom. The number of carbonyl (C=O) groups excluding carboxylic acids is 2. The Bertz CT molecular complexity index is 826. The highest BCUT2D eigenvalue weighted by molar-refractivity contribution is 6.24. The lowest BCUT2D eigenvalue weighted by Gasteiger charge is -2.11. The Morgan fingerprint density at radius 1 is 1.14 bits per heavy atom. The van der Waals surface area contributed by atoms with Crippen molar-refractivity contribution in [3.8, 4) is 0 Å². The van der Waals surface area contributed by atoms with Gasteiger partial charge >= 0.3 is 5.97 Å². The van der Waals surface area contributed by atoms with Gasteiger partial charge in [-0.05, 0) is 47.7 Å². The zero-order valence-corrected chi connectivity index (χ0v) is 12.3. The summed E-state index contributed by atoms with van der Waals surface area (Å²) >= 11 is 0. The van der Waals surface area contributed by atoms with Crippen LogP contribution in [0.1, 0.15) is 33.5 Å². The van der Waals surface area contributed by atoms with E-state index in [0.717, 1.165) is 21.9 Å². The molecule has 0 bridgehead atoms. The molecule has 2 aromatic carbocycles. The first-order valence-electron chi connectivity index (χ1n) is 7.18. The molecular weight excluding hydrogens is 264 g/mol. The van der Waals surface area contributed by atoms with Crippen LogP contribution in [0.3, 0.4) is 0 Å². The van der Waals surface area contributed by atoms with Crippen molar-refractivity contribution in [3.05, 3.63) is 46.5 Å². The summed E-state index contributed by atoms with van der Waals surface area (Å²) in [6.07, 6.45) is 0.574. The van der Waals surface area contributed by atoms with Gasteiger partial charge in [-0.3, -0.25) is 9.59 Å². The second kappa shape index (κ2) is 3.73. The fourth-order valence-electron chi connectivity index (χ4n) is 4.03. The molecule has 3 heteroatoms. The summed E-state index contributed by atoms with van der Waals surface area (Å²) in [4.78, 5) is 24.8. The number of hydrogen-bond donors (Lipinski definition) is 0. The molecule has 0 N–H and O–H groups in total. The van der Waals surface area contributed by atoms with Crippen LogP contribution in [0.5, 0.6) is 0 Å². The molecule has 0 heterocycles. The van der Waals surface area contributed by atoms with Crippen molar-refractivity contribution in [2.45, 2.75) is 25.7 Å². The summed E-state index contributed by atoms with van der Waals surface area (Å²) in [5.41, 5.74) is 3.47. The van der Waals surface area contributed by atoms with E-state index in [2.05, 4.69) is 19.9 Å². The number of aryl methyl sites for hydroxylation is 2. The van der Waals surface area contributed by atoms with E-state index in [9.17, 15) is 9.59 Å². The smallest absolute Gasteiger partial charge is 0.310 e. The van der Waals surface area contributed by atoms with E-state index in [1.165, 1.54) is 18.2 Å². The van der Waals surface area contributed by atoms with Gasteiger partial charge in [0.15, 0.2) is 5.78 Å². The van der Waals surface area contributed by atoms with Gasteiger partial charge in [-0.2, -0.15) is 0 Å². The van der Waals surface area contributed by atoms with Crippen LogP contribution in [0.15, 0.2) is 24.3 Å². The molecule has 0 unspecified atom stereocenters. The van der Waals surface area contributed by atoms with Crippen molar-refractivity contribution in [1.29, 1.82) is 0 Å². The summed E-state index contributed by atoms with van der Waals surface area (Å²) < 4.78 is 4.86. The first kappa shape index (κ1) is 12.6. The summed E-state index contributed by atoms with van der Waals surface area (Å²) in [7, 11) is 1.38. The Balaban J connectivity index is 2.04. The molecule has 106 valence electrons. The summed E-state index contributed by atoms with van der Waals surface area (Å²) in [5.74, 6) is -0.515. The van der Waals surface area contributed by atoms with Crippen molar-refractivity contribution in [2.75, 3.05) is 7.11 Å². The quantitative estimate of drug-likeness (QED) is 0.754. The van der Waals surface area contributed by atoms with E-state index in [1.807, 2.05) is 18.2 Å². The number of hydrogen-bond acceptors (Lipinski definition) is 3. The predicted molar refractivity (Wildman–Crippen MR) is 79.6 cm³/mol. The molecule has 2 aliphatic rings. The SMILES string of the molecule is COC(=O)[C@H]1C[C@]12C(=O)c1ccc(C)c3c(C)ccc2c13. The highest BCUT2D eigenvalue weighted by Crippen LogP contribution is 2.62. The minimum Gasteiger partial charge on any atom is -0.469 e. The number of ether oxygens (including phenoxy) is 1. The molecule has 0 amide bonds. The van der Waals surface area contributed by atoms with Crippen molar-refractivity contribution >= 4 is 22.5 Å². The fourth-order valence-corrected chi connectivity index (χ4v) is 4.03. The highest BCUT2D eigenvalue weighted by Gasteiger charge is 2.68. The highest BCUT2D eigenvalue weighted by atomic mass is 16.5. The molecule has 0 radical (unpaired) electrons. The standard InChI is InChI=1S/C18H16O3/c1-9-4-6-11-15-12(7-5-10(2)14(9)15)18(16(11)19)8-13(18)17(20)21-3/h4-7,13H,8H2,1-3H3/t13-,18-/m1/s1. The molecule has 3 nitrogen and oxygen atoms in total. The van der Waals surface area contributed by atoms with Crippen LogP contribution in [-0.2, 0) is 14.9 Å². The average molecular weight is 280 g/mol. The Labute approximate surface area is 122 Å². The van der Waals surface area contributed by atoms with Gasteiger partial charge < -0.3 is 4.74 Å². The zero-order valence-electron chi connectivity index (χ0n) is 12.3. The molecular formula is C18H16O3. The zero-order chi connectivity index (χ0) is 14.9. The van der Waals surface area contributed by atoms with Gasteiger partial charge in [0.25, 0.3) is 0 Å². The molecule has 21 heavy (non-hydrogen) atoms. The van der Waals surface area contributed by atoms with Crippen molar-refractivity contribution in [3.63, 3.8) is 0 Å². The van der Waals surface area contributed by atoms with Gasteiger partial charge in [-0.15, -0.1) is 0 Å². The first-order chi connectivity index (χ1) is 10.0. The maximum absolute atomic E-state index is 12.9. The Morgan fingerprint density at radius 3 is 2.48 bits per heavy atom. The lowest BCUT2D eigenvalue weighted by Crippen LogP contribution is -2.21. The summed E-state index contributed by atoms with van der Waals surface area (Å²) in [6, 6.07) is 7.99. The van der Waals surface area contributed by atoms with E-state index in [1.54, 1.807) is 0 Å². The Hall–Kier alpha value is -2.16. The Kier molecular flexibility index (Phi) is 2.23. The molecule has 2 atom stereocenters. The van der Waals surface area contributed by atoms with Gasteiger partial charge in [0.1, 0.15) is 0 Å². The van der Waals surface area contributed by atoms with E-state index in [0.29, 0.717) is 6.42 Å². The van der Waals surface area contributed by atoms with Gasteiger partial charge in [-0.1, -0.05) is 24.3 Å². The lowest BCUT2D eigenvalue weighted by atomic mass is 9.91. The van der Waals surface area contributed by atoms with E-state index in [-0.39, 0.29) is 17.7 Å². The van der Waals surface area contributed by atoms with Gasteiger partial charge in [-0.25, -0.2) is 0 Å². The van der Waals surface area contributed by atoms with Crippen molar-refractivity contribution < 1.29 is 14.3 Å². The maximum atomic E-state index is 12.9. The van der Waals surface area contributed by atoms with Gasteiger partial charge in [0.2, 0.25) is 0 Å². The third-order valence-corrected chi connectivity index (χ3v) is 5.15. The third kappa shape index (κ3) is 1.29. The predicted octanol–water partition coefficient (Wildman–Crippen LogP) is 3.08.